The summed E-state index contributed by atoms with van der Waals surface area (Å²) >= 11 is 0. The second-order valence-electron chi connectivity index (χ2n) is 6.36. The van der Waals surface area contributed by atoms with Crippen LogP contribution in [0.25, 0.3) is 0 Å². The molecule has 0 aliphatic rings. The van der Waals surface area contributed by atoms with E-state index in [1.54, 1.807) is 24.2 Å². The maximum absolute atomic E-state index is 12.6. The van der Waals surface area contributed by atoms with Crippen molar-refractivity contribution in [2.75, 3.05) is 0 Å². The Labute approximate surface area is 149 Å². The molecule has 0 saturated heterocycles. The smallest absolute Gasteiger partial charge is 0.242 e. The maximum atomic E-state index is 12.6. The molecule has 1 aromatic carbocycles. The van der Waals surface area contributed by atoms with Crippen LogP contribution in [0.15, 0.2) is 54.9 Å². The first kappa shape index (κ1) is 18.6. The van der Waals surface area contributed by atoms with Crippen molar-refractivity contribution in [2.45, 2.75) is 39.9 Å². The number of amides is 2. The van der Waals surface area contributed by atoms with Crippen LogP contribution in [0.5, 0.6) is 0 Å². The maximum Gasteiger partial charge on any atom is 0.242 e. The van der Waals surface area contributed by atoms with E-state index in [0.717, 1.165) is 11.1 Å². The predicted octanol–water partition coefficient (Wildman–Crippen LogP) is 2.77. The van der Waals surface area contributed by atoms with Gasteiger partial charge in [0, 0.05) is 31.4 Å². The first-order valence-electron chi connectivity index (χ1n) is 8.50. The Morgan fingerprint density at radius 3 is 2.24 bits per heavy atom. The van der Waals surface area contributed by atoms with Gasteiger partial charge in [0.25, 0.3) is 0 Å². The summed E-state index contributed by atoms with van der Waals surface area (Å²) in [5.74, 6) is -0.365. The van der Waals surface area contributed by atoms with Crippen LogP contribution in [0.3, 0.4) is 0 Å². The van der Waals surface area contributed by atoms with Gasteiger partial charge in [0.15, 0.2) is 0 Å². The second kappa shape index (κ2) is 8.97. The lowest BCUT2D eigenvalue weighted by Gasteiger charge is -2.30. The van der Waals surface area contributed by atoms with E-state index in [0.29, 0.717) is 13.1 Å². The average Bonchev–Trinajstić information content (AvgIpc) is 2.64. The van der Waals surface area contributed by atoms with Crippen molar-refractivity contribution in [1.82, 2.24) is 15.2 Å². The predicted molar refractivity (Wildman–Crippen MR) is 97.4 cm³/mol. The Kier molecular flexibility index (Phi) is 6.69. The SMILES string of the molecule is CC(C)C(=O)N(Cc1ccccc1)[C@H](C)C(=O)NCc1ccncc1. The van der Waals surface area contributed by atoms with E-state index in [4.69, 9.17) is 0 Å². The molecule has 5 nitrogen and oxygen atoms in total. The molecule has 1 aromatic heterocycles. The van der Waals surface area contributed by atoms with Gasteiger partial charge < -0.3 is 10.2 Å². The molecule has 25 heavy (non-hydrogen) atoms. The molecular weight excluding hydrogens is 314 g/mol. The molecule has 2 amide bonds. The number of nitrogens with one attached hydrogen (secondary N) is 1. The van der Waals surface area contributed by atoms with Crippen molar-refractivity contribution in [2.24, 2.45) is 5.92 Å². The van der Waals surface area contributed by atoms with Crippen LogP contribution < -0.4 is 5.32 Å². The van der Waals surface area contributed by atoms with Gasteiger partial charge in [0.05, 0.1) is 0 Å². The summed E-state index contributed by atoms with van der Waals surface area (Å²) in [4.78, 5) is 30.8. The minimum atomic E-state index is -0.544. The molecule has 1 heterocycles. The number of rotatable bonds is 7. The Morgan fingerprint density at radius 1 is 1.00 bits per heavy atom. The molecule has 1 atom stereocenters. The summed E-state index contributed by atoms with van der Waals surface area (Å²) in [6.07, 6.45) is 3.38. The second-order valence-corrected chi connectivity index (χ2v) is 6.36. The van der Waals surface area contributed by atoms with Crippen LogP contribution in [0, 0.1) is 5.92 Å². The minimum absolute atomic E-state index is 0.0320. The molecule has 0 aliphatic heterocycles. The Morgan fingerprint density at radius 2 is 1.64 bits per heavy atom. The average molecular weight is 339 g/mol. The third kappa shape index (κ3) is 5.41. The van der Waals surface area contributed by atoms with Gasteiger partial charge in [-0.15, -0.1) is 0 Å². The quantitative estimate of drug-likeness (QED) is 0.844. The van der Waals surface area contributed by atoms with E-state index in [2.05, 4.69) is 10.3 Å². The summed E-state index contributed by atoms with van der Waals surface area (Å²) in [5, 5.41) is 2.90. The van der Waals surface area contributed by atoms with Gasteiger partial charge in [0.2, 0.25) is 11.8 Å². The molecule has 0 spiro atoms. The topological polar surface area (TPSA) is 62.3 Å². The molecule has 0 fully saturated rings. The zero-order chi connectivity index (χ0) is 18.2. The zero-order valence-corrected chi connectivity index (χ0v) is 15.0. The van der Waals surface area contributed by atoms with E-state index < -0.39 is 6.04 Å². The highest BCUT2D eigenvalue weighted by Crippen LogP contribution is 2.13. The highest BCUT2D eigenvalue weighted by Gasteiger charge is 2.27. The molecule has 2 rings (SSSR count). The third-order valence-corrected chi connectivity index (χ3v) is 4.04. The molecule has 132 valence electrons. The fourth-order valence-electron chi connectivity index (χ4n) is 2.50. The number of nitrogens with zero attached hydrogens (tertiary/aromatic N) is 2. The number of carbonyl (C=O) groups is 2. The van der Waals surface area contributed by atoms with Gasteiger partial charge in [-0.25, -0.2) is 0 Å². The minimum Gasteiger partial charge on any atom is -0.350 e. The van der Waals surface area contributed by atoms with Crippen LogP contribution in [-0.4, -0.2) is 27.7 Å². The largest absolute Gasteiger partial charge is 0.350 e. The summed E-state index contributed by atoms with van der Waals surface area (Å²) in [7, 11) is 0. The highest BCUT2D eigenvalue weighted by atomic mass is 16.2. The van der Waals surface area contributed by atoms with Crippen molar-refractivity contribution in [1.29, 1.82) is 0 Å². The molecule has 5 heteroatoms. The van der Waals surface area contributed by atoms with E-state index in [9.17, 15) is 9.59 Å². The van der Waals surface area contributed by atoms with Gasteiger partial charge in [0.1, 0.15) is 6.04 Å². The van der Waals surface area contributed by atoms with E-state index in [-0.39, 0.29) is 17.7 Å². The van der Waals surface area contributed by atoms with E-state index >= 15 is 0 Å². The Bertz CT molecular complexity index is 687. The summed E-state index contributed by atoms with van der Waals surface area (Å²) in [5.41, 5.74) is 1.98. The van der Waals surface area contributed by atoms with Gasteiger partial charge in [-0.3, -0.25) is 14.6 Å². The lowest BCUT2D eigenvalue weighted by atomic mass is 10.1. The molecule has 0 saturated carbocycles. The summed E-state index contributed by atoms with van der Waals surface area (Å²) in [6.45, 7) is 6.30. The first-order chi connectivity index (χ1) is 12.0. The van der Waals surface area contributed by atoms with Crippen LogP contribution in [0.4, 0.5) is 0 Å². The fourth-order valence-corrected chi connectivity index (χ4v) is 2.50. The molecule has 0 bridgehead atoms. The molecular formula is C20H25N3O2. The summed E-state index contributed by atoms with van der Waals surface area (Å²) < 4.78 is 0. The number of benzene rings is 1. The van der Waals surface area contributed by atoms with Crippen molar-refractivity contribution >= 4 is 11.8 Å². The molecule has 2 aromatic rings. The van der Waals surface area contributed by atoms with Crippen LogP contribution in [0.2, 0.25) is 0 Å². The number of hydrogen-bond donors (Lipinski definition) is 1. The van der Waals surface area contributed by atoms with Crippen molar-refractivity contribution < 1.29 is 9.59 Å². The molecule has 1 N–H and O–H groups in total. The molecule has 0 unspecified atom stereocenters. The first-order valence-corrected chi connectivity index (χ1v) is 8.50. The number of pyridine rings is 1. The lowest BCUT2D eigenvalue weighted by Crippen LogP contribution is -2.48. The standard InChI is InChI=1S/C20H25N3O2/c1-15(2)20(25)23(14-18-7-5-4-6-8-18)16(3)19(24)22-13-17-9-11-21-12-10-17/h4-12,15-16H,13-14H2,1-3H3,(H,22,24)/t16-/m1/s1. The highest BCUT2D eigenvalue weighted by molar-refractivity contribution is 5.88. The normalized spacial score (nSPS) is 11.8. The lowest BCUT2D eigenvalue weighted by molar-refractivity contribution is -0.143. The van der Waals surface area contributed by atoms with Gasteiger partial charge >= 0.3 is 0 Å². The number of aromatic nitrogens is 1. The van der Waals surface area contributed by atoms with Gasteiger partial charge in [-0.2, -0.15) is 0 Å². The van der Waals surface area contributed by atoms with Crippen molar-refractivity contribution in [3.8, 4) is 0 Å². The third-order valence-electron chi connectivity index (χ3n) is 4.04. The molecule has 0 aliphatic carbocycles. The summed E-state index contributed by atoms with van der Waals surface area (Å²) in [6, 6.07) is 12.9. The zero-order valence-electron chi connectivity index (χ0n) is 15.0. The Balaban J connectivity index is 2.06. The Hall–Kier alpha value is -2.69. The van der Waals surface area contributed by atoms with E-state index in [1.807, 2.05) is 56.3 Å². The fraction of sp³-hybridized carbons (Fsp3) is 0.350. The van der Waals surface area contributed by atoms with E-state index in [1.165, 1.54) is 0 Å². The van der Waals surface area contributed by atoms with Gasteiger partial charge in [-0.1, -0.05) is 44.2 Å². The van der Waals surface area contributed by atoms with Crippen molar-refractivity contribution in [3.05, 3.63) is 66.0 Å². The van der Waals surface area contributed by atoms with Crippen LogP contribution >= 0.6 is 0 Å². The van der Waals surface area contributed by atoms with Crippen LogP contribution in [-0.2, 0) is 22.7 Å². The monoisotopic (exact) mass is 339 g/mol. The van der Waals surface area contributed by atoms with Gasteiger partial charge in [-0.05, 0) is 30.2 Å². The number of hydrogen-bond acceptors (Lipinski definition) is 3. The van der Waals surface area contributed by atoms with Crippen molar-refractivity contribution in [3.63, 3.8) is 0 Å². The van der Waals surface area contributed by atoms with Crippen LogP contribution in [0.1, 0.15) is 31.9 Å². The molecule has 0 radical (unpaired) electrons. The number of carbonyl (C=O) groups excluding carboxylic acids is 2.